The summed E-state index contributed by atoms with van der Waals surface area (Å²) in [7, 11) is 2.19. The number of hydrogen-bond donors (Lipinski definition) is 2. The smallest absolute Gasteiger partial charge is 0.488 e. The van der Waals surface area contributed by atoms with Crippen LogP contribution in [0.3, 0.4) is 0 Å². The van der Waals surface area contributed by atoms with Crippen molar-refractivity contribution >= 4 is 24.3 Å². The summed E-state index contributed by atoms with van der Waals surface area (Å²) in [5.74, 6) is 1.77. The second-order valence-electron chi connectivity index (χ2n) is 4.66. The van der Waals surface area contributed by atoms with Gasteiger partial charge < -0.3 is 14.8 Å². The highest BCUT2D eigenvalue weighted by molar-refractivity contribution is 7.98. The number of nitrogens with zero attached hydrogens (tertiary/aromatic N) is 1. The number of thioether (sulfide) groups is 1. The molecule has 1 atom stereocenters. The molecule has 0 amide bonds. The molecule has 0 bridgehead atoms. The first kappa shape index (κ1) is 16.4. The molecule has 1 aromatic carbocycles. The zero-order valence-electron chi connectivity index (χ0n) is 12.0. The maximum atomic E-state index is 9.42. The Morgan fingerprint density at radius 2 is 2.11 bits per heavy atom. The van der Waals surface area contributed by atoms with Crippen LogP contribution < -0.4 is 10.2 Å². The van der Waals surface area contributed by atoms with Crippen molar-refractivity contribution in [2.45, 2.75) is 19.5 Å². The first-order chi connectivity index (χ1) is 8.99. The van der Waals surface area contributed by atoms with Gasteiger partial charge in [0.1, 0.15) is 5.75 Å². The Labute approximate surface area is 119 Å². The van der Waals surface area contributed by atoms with Gasteiger partial charge in [-0.3, -0.25) is 4.90 Å². The highest BCUT2D eigenvalue weighted by Crippen LogP contribution is 2.14. The Kier molecular flexibility index (Phi) is 6.72. The largest absolute Gasteiger partial charge is 0.497 e. The van der Waals surface area contributed by atoms with Crippen LogP contribution in [0.4, 0.5) is 0 Å². The summed E-state index contributed by atoms with van der Waals surface area (Å²) in [6.07, 6.45) is 2.08. The molecule has 1 rings (SSSR count). The summed E-state index contributed by atoms with van der Waals surface area (Å²) in [4.78, 5) is 2.19. The molecule has 0 aromatic heterocycles. The van der Waals surface area contributed by atoms with E-state index in [9.17, 15) is 10.0 Å². The van der Waals surface area contributed by atoms with E-state index in [0.29, 0.717) is 18.0 Å². The number of benzene rings is 1. The van der Waals surface area contributed by atoms with Crippen LogP contribution in [-0.2, 0) is 6.54 Å². The molecule has 106 valence electrons. The van der Waals surface area contributed by atoms with E-state index in [1.54, 1.807) is 31.0 Å². The molecule has 0 aliphatic heterocycles. The summed E-state index contributed by atoms with van der Waals surface area (Å²) in [5.41, 5.74) is 1.41. The van der Waals surface area contributed by atoms with E-state index in [0.717, 1.165) is 17.1 Å². The minimum absolute atomic E-state index is 0.421. The molecule has 0 heterocycles. The Morgan fingerprint density at radius 3 is 2.63 bits per heavy atom. The monoisotopic (exact) mass is 283 g/mol. The van der Waals surface area contributed by atoms with Crippen LogP contribution >= 0.6 is 11.8 Å². The lowest BCUT2D eigenvalue weighted by molar-refractivity contribution is 0.269. The van der Waals surface area contributed by atoms with Gasteiger partial charge in [0, 0.05) is 18.3 Å². The fourth-order valence-corrected chi connectivity index (χ4v) is 2.63. The highest BCUT2D eigenvalue weighted by Gasteiger charge is 2.19. The maximum Gasteiger partial charge on any atom is 0.488 e. The zero-order valence-corrected chi connectivity index (χ0v) is 12.8. The third-order valence-electron chi connectivity index (χ3n) is 3.21. The number of methoxy groups -OCH3 is 1. The standard InChI is InChI=1S/C13H22BNO3S/c1-10(9-19-4)15(2)8-11-7-12(18-3)5-6-13(11)14(16)17/h5-7,10,16-17H,8-9H2,1-4H3. The van der Waals surface area contributed by atoms with Gasteiger partial charge in [0.05, 0.1) is 7.11 Å². The average Bonchev–Trinajstić information content (AvgIpc) is 2.38. The topological polar surface area (TPSA) is 52.9 Å². The lowest BCUT2D eigenvalue weighted by Crippen LogP contribution is -2.37. The Morgan fingerprint density at radius 1 is 1.42 bits per heavy atom. The Hall–Kier alpha value is -0.685. The number of ether oxygens (including phenoxy) is 1. The lowest BCUT2D eigenvalue weighted by Gasteiger charge is -2.25. The molecule has 2 N–H and O–H groups in total. The molecule has 4 nitrogen and oxygen atoms in total. The first-order valence-electron chi connectivity index (χ1n) is 6.21. The molecule has 1 unspecified atom stereocenters. The van der Waals surface area contributed by atoms with Crippen molar-refractivity contribution in [3.8, 4) is 5.75 Å². The third kappa shape index (κ3) is 4.73. The van der Waals surface area contributed by atoms with Crippen LogP contribution in [0, 0.1) is 0 Å². The molecular formula is C13H22BNO3S. The second kappa shape index (κ2) is 7.80. The molecule has 6 heteroatoms. The van der Waals surface area contributed by atoms with E-state index in [-0.39, 0.29) is 0 Å². The average molecular weight is 283 g/mol. The van der Waals surface area contributed by atoms with Crippen molar-refractivity contribution in [3.05, 3.63) is 23.8 Å². The van der Waals surface area contributed by atoms with Gasteiger partial charge in [-0.2, -0.15) is 11.8 Å². The number of rotatable bonds is 7. The van der Waals surface area contributed by atoms with Crippen molar-refractivity contribution in [1.29, 1.82) is 0 Å². The molecular weight excluding hydrogens is 261 g/mol. The summed E-state index contributed by atoms with van der Waals surface area (Å²) in [5, 5.41) is 18.8. The molecule has 0 saturated heterocycles. The molecule has 0 saturated carbocycles. The SMILES string of the molecule is COc1ccc(B(O)O)c(CN(C)C(C)CSC)c1. The van der Waals surface area contributed by atoms with Crippen LogP contribution in [0.15, 0.2) is 18.2 Å². The minimum Gasteiger partial charge on any atom is -0.497 e. The molecule has 0 fully saturated rings. The maximum absolute atomic E-state index is 9.42. The fraction of sp³-hybridized carbons (Fsp3) is 0.538. The predicted octanol–water partition coefficient (Wildman–Crippen LogP) is 0.558. The number of hydrogen-bond acceptors (Lipinski definition) is 5. The zero-order chi connectivity index (χ0) is 14.4. The molecule has 19 heavy (non-hydrogen) atoms. The lowest BCUT2D eigenvalue weighted by atomic mass is 9.77. The second-order valence-corrected chi connectivity index (χ2v) is 5.57. The molecule has 0 radical (unpaired) electrons. The van der Waals surface area contributed by atoms with Crippen LogP contribution in [0.2, 0.25) is 0 Å². The Bertz CT molecular complexity index is 403. The van der Waals surface area contributed by atoms with Crippen LogP contribution in [0.5, 0.6) is 5.75 Å². The van der Waals surface area contributed by atoms with E-state index < -0.39 is 7.12 Å². The third-order valence-corrected chi connectivity index (χ3v) is 4.02. The summed E-state index contributed by atoms with van der Waals surface area (Å²) in [6.45, 7) is 2.82. The van der Waals surface area contributed by atoms with E-state index in [1.165, 1.54) is 0 Å². The molecule has 0 aliphatic carbocycles. The van der Waals surface area contributed by atoms with E-state index >= 15 is 0 Å². The molecule has 0 spiro atoms. The van der Waals surface area contributed by atoms with E-state index in [1.807, 2.05) is 13.1 Å². The van der Waals surface area contributed by atoms with Gasteiger partial charge >= 0.3 is 7.12 Å². The van der Waals surface area contributed by atoms with Gasteiger partial charge in [0.2, 0.25) is 0 Å². The van der Waals surface area contributed by atoms with Crippen LogP contribution in [0.25, 0.3) is 0 Å². The van der Waals surface area contributed by atoms with Crippen molar-refractivity contribution in [1.82, 2.24) is 4.90 Å². The van der Waals surface area contributed by atoms with Crippen molar-refractivity contribution in [2.24, 2.45) is 0 Å². The predicted molar refractivity (Wildman–Crippen MR) is 82.1 cm³/mol. The van der Waals surface area contributed by atoms with Gasteiger partial charge in [0.25, 0.3) is 0 Å². The summed E-state index contributed by atoms with van der Waals surface area (Å²) in [6, 6.07) is 5.72. The van der Waals surface area contributed by atoms with Crippen LogP contribution in [-0.4, -0.2) is 54.3 Å². The highest BCUT2D eigenvalue weighted by atomic mass is 32.2. The van der Waals surface area contributed by atoms with Gasteiger partial charge in [-0.05, 0) is 43.4 Å². The van der Waals surface area contributed by atoms with Crippen molar-refractivity contribution in [2.75, 3.05) is 26.2 Å². The quantitative estimate of drug-likeness (QED) is 0.716. The Balaban J connectivity index is 2.90. The van der Waals surface area contributed by atoms with Crippen LogP contribution in [0.1, 0.15) is 12.5 Å². The fourth-order valence-electron chi connectivity index (χ4n) is 1.89. The first-order valence-corrected chi connectivity index (χ1v) is 7.61. The van der Waals surface area contributed by atoms with Crippen molar-refractivity contribution in [3.63, 3.8) is 0 Å². The normalized spacial score (nSPS) is 12.6. The molecule has 1 aromatic rings. The molecule has 0 aliphatic rings. The van der Waals surface area contributed by atoms with Gasteiger partial charge in [-0.25, -0.2) is 0 Å². The van der Waals surface area contributed by atoms with E-state index in [2.05, 4.69) is 18.1 Å². The van der Waals surface area contributed by atoms with Gasteiger partial charge in [-0.15, -0.1) is 0 Å². The van der Waals surface area contributed by atoms with Gasteiger partial charge in [-0.1, -0.05) is 6.07 Å². The minimum atomic E-state index is -1.45. The van der Waals surface area contributed by atoms with Crippen molar-refractivity contribution < 1.29 is 14.8 Å². The summed E-state index contributed by atoms with van der Waals surface area (Å²) >= 11 is 1.80. The van der Waals surface area contributed by atoms with E-state index in [4.69, 9.17) is 4.74 Å². The summed E-state index contributed by atoms with van der Waals surface area (Å²) < 4.78 is 5.19. The van der Waals surface area contributed by atoms with Gasteiger partial charge in [0.15, 0.2) is 0 Å².